The average Bonchev–Trinajstić information content (AvgIpc) is 2.88. The fraction of sp³-hybridized carbons (Fsp3) is 0.214. The van der Waals surface area contributed by atoms with Gasteiger partial charge in [-0.2, -0.15) is 0 Å². The first-order chi connectivity index (χ1) is 17.4. The Labute approximate surface area is 209 Å². The van der Waals surface area contributed by atoms with Crippen LogP contribution in [0.1, 0.15) is 45.7 Å². The summed E-state index contributed by atoms with van der Waals surface area (Å²) < 4.78 is 10.5. The highest BCUT2D eigenvalue weighted by Gasteiger charge is 2.18. The number of carbonyl (C=O) groups is 2. The molecule has 0 unspecified atom stereocenters. The number of rotatable bonds is 7. The van der Waals surface area contributed by atoms with Gasteiger partial charge in [-0.1, -0.05) is 0 Å². The lowest BCUT2D eigenvalue weighted by molar-refractivity contribution is 0.0516. The van der Waals surface area contributed by atoms with Crippen LogP contribution in [-0.4, -0.2) is 45.1 Å². The van der Waals surface area contributed by atoms with E-state index in [9.17, 15) is 9.59 Å². The molecule has 0 aromatic carbocycles. The standard InChI is InChI=1S/C28H26N4O4/c1-5-35-27(33)19-13-23(21-11-17(3)7-9-29-21)31-25(15-19)26-16-20(28(34)36-6-2)14-24(32-26)22-12-18(4)8-10-30-22/h7-16H,5-6H2,1-4H3. The predicted octanol–water partition coefficient (Wildman–Crippen LogP) is 5.24. The third-order valence-electron chi connectivity index (χ3n) is 5.29. The molecule has 0 aliphatic carbocycles. The summed E-state index contributed by atoms with van der Waals surface area (Å²) in [6.45, 7) is 7.85. The SMILES string of the molecule is CCOC(=O)c1cc(-c2cc(C)ccn2)nc(-c2cc(C(=O)OCC)cc(-c3cc(C)ccn3)n2)c1. The zero-order valence-electron chi connectivity index (χ0n) is 20.6. The smallest absolute Gasteiger partial charge is 0.338 e. The molecule has 4 aromatic heterocycles. The molecule has 4 rings (SSSR count). The maximum absolute atomic E-state index is 12.7. The molecule has 4 aromatic rings. The minimum atomic E-state index is -0.489. The Balaban J connectivity index is 1.93. The molecule has 36 heavy (non-hydrogen) atoms. The van der Waals surface area contributed by atoms with E-state index in [1.54, 1.807) is 50.5 Å². The van der Waals surface area contributed by atoms with E-state index in [0.29, 0.717) is 45.3 Å². The second-order valence-electron chi connectivity index (χ2n) is 8.13. The van der Waals surface area contributed by atoms with E-state index < -0.39 is 11.9 Å². The maximum Gasteiger partial charge on any atom is 0.338 e. The van der Waals surface area contributed by atoms with Crippen molar-refractivity contribution in [3.8, 4) is 34.2 Å². The monoisotopic (exact) mass is 482 g/mol. The van der Waals surface area contributed by atoms with Crippen molar-refractivity contribution >= 4 is 11.9 Å². The van der Waals surface area contributed by atoms with Crippen molar-refractivity contribution in [1.29, 1.82) is 0 Å². The molecule has 0 aliphatic heterocycles. The molecule has 0 spiro atoms. The molecule has 0 fully saturated rings. The van der Waals surface area contributed by atoms with E-state index in [4.69, 9.17) is 19.4 Å². The Kier molecular flexibility index (Phi) is 7.44. The summed E-state index contributed by atoms with van der Waals surface area (Å²) in [6, 6.07) is 14.0. The molecule has 4 heterocycles. The van der Waals surface area contributed by atoms with Crippen LogP contribution in [0.15, 0.2) is 60.9 Å². The fourth-order valence-corrected chi connectivity index (χ4v) is 3.60. The van der Waals surface area contributed by atoms with Crippen molar-refractivity contribution in [2.45, 2.75) is 27.7 Å². The summed E-state index contributed by atoms with van der Waals surface area (Å²) >= 11 is 0. The summed E-state index contributed by atoms with van der Waals surface area (Å²) in [5, 5.41) is 0. The number of esters is 2. The van der Waals surface area contributed by atoms with Gasteiger partial charge in [0.1, 0.15) is 0 Å². The molecule has 0 N–H and O–H groups in total. The summed E-state index contributed by atoms with van der Waals surface area (Å²) in [4.78, 5) is 43.7. The van der Waals surface area contributed by atoms with E-state index >= 15 is 0 Å². The lowest BCUT2D eigenvalue weighted by Gasteiger charge is -2.12. The van der Waals surface area contributed by atoms with E-state index in [2.05, 4.69) is 9.97 Å². The number of pyridine rings is 4. The van der Waals surface area contributed by atoms with Gasteiger partial charge in [0, 0.05) is 12.4 Å². The molecule has 0 saturated heterocycles. The van der Waals surface area contributed by atoms with Crippen molar-refractivity contribution in [3.63, 3.8) is 0 Å². The highest BCUT2D eigenvalue weighted by molar-refractivity contribution is 5.94. The normalized spacial score (nSPS) is 10.7. The summed E-state index contributed by atoms with van der Waals surface area (Å²) in [5.41, 5.74) is 5.56. The van der Waals surface area contributed by atoms with Crippen molar-refractivity contribution < 1.29 is 19.1 Å². The van der Waals surface area contributed by atoms with Gasteiger partial charge in [0.2, 0.25) is 0 Å². The van der Waals surface area contributed by atoms with Gasteiger partial charge in [0.25, 0.3) is 0 Å². The molecular formula is C28H26N4O4. The van der Waals surface area contributed by atoms with Crippen LogP contribution in [0.2, 0.25) is 0 Å². The van der Waals surface area contributed by atoms with Gasteiger partial charge in [0.15, 0.2) is 0 Å². The highest BCUT2D eigenvalue weighted by atomic mass is 16.5. The number of ether oxygens (including phenoxy) is 2. The van der Waals surface area contributed by atoms with Crippen LogP contribution in [-0.2, 0) is 9.47 Å². The molecule has 8 nitrogen and oxygen atoms in total. The van der Waals surface area contributed by atoms with E-state index in [1.165, 1.54) is 0 Å². The van der Waals surface area contributed by atoms with Gasteiger partial charge in [0.05, 0.1) is 58.5 Å². The van der Waals surface area contributed by atoms with Gasteiger partial charge in [-0.3, -0.25) is 9.97 Å². The molecule has 0 aliphatic rings. The van der Waals surface area contributed by atoms with E-state index in [-0.39, 0.29) is 13.2 Å². The van der Waals surface area contributed by atoms with Gasteiger partial charge >= 0.3 is 11.9 Å². The summed E-state index contributed by atoms with van der Waals surface area (Å²) in [5.74, 6) is -0.977. The lowest BCUT2D eigenvalue weighted by atomic mass is 10.1. The number of aromatic nitrogens is 4. The van der Waals surface area contributed by atoms with Crippen molar-refractivity contribution in [2.75, 3.05) is 13.2 Å². The zero-order chi connectivity index (χ0) is 25.7. The van der Waals surface area contributed by atoms with Crippen molar-refractivity contribution in [3.05, 3.63) is 83.2 Å². The predicted molar refractivity (Wildman–Crippen MR) is 135 cm³/mol. The molecular weight excluding hydrogens is 456 g/mol. The number of aryl methyl sites for hydroxylation is 2. The topological polar surface area (TPSA) is 104 Å². The third kappa shape index (κ3) is 5.60. The van der Waals surface area contributed by atoms with Gasteiger partial charge in [-0.25, -0.2) is 19.6 Å². The number of nitrogens with zero attached hydrogens (tertiary/aromatic N) is 4. The Morgan fingerprint density at radius 3 is 1.31 bits per heavy atom. The van der Waals surface area contributed by atoms with Crippen LogP contribution in [0.4, 0.5) is 0 Å². The Morgan fingerprint density at radius 2 is 0.972 bits per heavy atom. The van der Waals surface area contributed by atoms with Gasteiger partial charge in [-0.15, -0.1) is 0 Å². The van der Waals surface area contributed by atoms with Crippen LogP contribution in [0.5, 0.6) is 0 Å². The average molecular weight is 483 g/mol. The minimum absolute atomic E-state index is 0.230. The summed E-state index contributed by atoms with van der Waals surface area (Å²) in [6.07, 6.45) is 3.37. The first-order valence-electron chi connectivity index (χ1n) is 11.6. The second-order valence-corrected chi connectivity index (χ2v) is 8.13. The van der Waals surface area contributed by atoms with Crippen molar-refractivity contribution in [2.24, 2.45) is 0 Å². The van der Waals surface area contributed by atoms with Crippen LogP contribution >= 0.6 is 0 Å². The van der Waals surface area contributed by atoms with Gasteiger partial charge < -0.3 is 9.47 Å². The van der Waals surface area contributed by atoms with Crippen LogP contribution < -0.4 is 0 Å². The first kappa shape index (κ1) is 24.7. The second kappa shape index (κ2) is 10.9. The summed E-state index contributed by atoms with van der Waals surface area (Å²) in [7, 11) is 0. The molecule has 0 saturated carbocycles. The third-order valence-corrected chi connectivity index (χ3v) is 5.29. The number of carbonyl (C=O) groups excluding carboxylic acids is 2. The van der Waals surface area contributed by atoms with Crippen LogP contribution in [0.25, 0.3) is 34.2 Å². The number of hydrogen-bond acceptors (Lipinski definition) is 8. The quantitative estimate of drug-likeness (QED) is 0.330. The van der Waals surface area contributed by atoms with E-state index in [0.717, 1.165) is 11.1 Å². The zero-order valence-corrected chi connectivity index (χ0v) is 20.6. The van der Waals surface area contributed by atoms with Crippen molar-refractivity contribution in [1.82, 2.24) is 19.9 Å². The Morgan fingerprint density at radius 1 is 0.611 bits per heavy atom. The minimum Gasteiger partial charge on any atom is -0.462 e. The Bertz CT molecular complexity index is 1330. The fourth-order valence-electron chi connectivity index (χ4n) is 3.60. The molecule has 182 valence electrons. The maximum atomic E-state index is 12.7. The highest BCUT2D eigenvalue weighted by Crippen LogP contribution is 2.27. The molecule has 0 radical (unpaired) electrons. The Hall–Kier alpha value is -4.46. The molecule has 0 amide bonds. The number of hydrogen-bond donors (Lipinski definition) is 0. The van der Waals surface area contributed by atoms with E-state index in [1.807, 2.05) is 38.1 Å². The van der Waals surface area contributed by atoms with Crippen LogP contribution in [0.3, 0.4) is 0 Å². The largest absolute Gasteiger partial charge is 0.462 e. The first-order valence-corrected chi connectivity index (χ1v) is 11.6. The van der Waals surface area contributed by atoms with Crippen LogP contribution in [0, 0.1) is 13.8 Å². The van der Waals surface area contributed by atoms with Gasteiger partial charge in [-0.05, 0) is 87.4 Å². The lowest BCUT2D eigenvalue weighted by Crippen LogP contribution is -2.08. The molecule has 0 bridgehead atoms. The molecule has 8 heteroatoms. The molecule has 0 atom stereocenters.